The lowest BCUT2D eigenvalue weighted by atomic mass is 10.1. The molecule has 0 atom stereocenters. The molecule has 0 aliphatic carbocycles. The van der Waals surface area contributed by atoms with Crippen molar-refractivity contribution < 1.29 is 4.11 Å². The molecule has 2 nitrogen and oxygen atoms in total. The maximum Gasteiger partial charge on any atom is 0.0660 e. The van der Waals surface area contributed by atoms with E-state index < -0.39 is 6.85 Å². The van der Waals surface area contributed by atoms with Gasteiger partial charge in [0.15, 0.2) is 0 Å². The summed E-state index contributed by atoms with van der Waals surface area (Å²) in [5.74, 6) is 0.136. The van der Waals surface area contributed by atoms with Crippen LogP contribution in [0.5, 0.6) is 0 Å². The fourth-order valence-electron chi connectivity index (χ4n) is 0.949. The summed E-state index contributed by atoms with van der Waals surface area (Å²) in [5.41, 5.74) is 6.88. The molecule has 0 spiro atoms. The van der Waals surface area contributed by atoms with Gasteiger partial charge in [0.05, 0.1) is 11.4 Å². The van der Waals surface area contributed by atoms with E-state index in [1.807, 2.05) is 13.8 Å². The molecule has 0 radical (unpaired) electrons. The van der Waals surface area contributed by atoms with Gasteiger partial charge in [-0.2, -0.15) is 0 Å². The van der Waals surface area contributed by atoms with Crippen molar-refractivity contribution in [2.75, 3.05) is 5.73 Å². The molecule has 0 bridgehead atoms. The highest BCUT2D eigenvalue weighted by Crippen LogP contribution is 2.21. The standard InChI is InChI=1S/C9H14N2/c1-6(2)9-8(10)7(3)4-5-11-9/h4-6H,10H2,1-3H3/i3D3. The van der Waals surface area contributed by atoms with Gasteiger partial charge in [-0.05, 0) is 24.4 Å². The van der Waals surface area contributed by atoms with E-state index in [2.05, 4.69) is 4.98 Å². The highest BCUT2D eigenvalue weighted by molar-refractivity contribution is 5.50. The Morgan fingerprint density at radius 1 is 1.64 bits per heavy atom. The first-order valence-electron chi connectivity index (χ1n) is 5.09. The number of nitrogens with two attached hydrogens (primary N) is 1. The normalized spacial score (nSPS) is 15.7. The number of hydrogen-bond donors (Lipinski definition) is 1. The van der Waals surface area contributed by atoms with Crippen molar-refractivity contribution in [3.63, 3.8) is 0 Å². The second-order valence-corrected chi connectivity index (χ2v) is 2.81. The molecule has 0 fully saturated rings. The molecule has 0 saturated carbocycles. The smallest absolute Gasteiger partial charge is 0.0660 e. The summed E-state index contributed by atoms with van der Waals surface area (Å²) in [6.45, 7) is 1.71. The van der Waals surface area contributed by atoms with Crippen molar-refractivity contribution in [1.82, 2.24) is 4.98 Å². The molecule has 1 aromatic rings. The highest BCUT2D eigenvalue weighted by Gasteiger charge is 2.05. The number of aryl methyl sites for hydroxylation is 1. The molecule has 0 saturated heterocycles. The third-order valence-corrected chi connectivity index (χ3v) is 1.57. The zero-order chi connectivity index (χ0) is 10.9. The van der Waals surface area contributed by atoms with Crippen LogP contribution in [0.3, 0.4) is 0 Å². The lowest BCUT2D eigenvalue weighted by molar-refractivity contribution is 0.825. The summed E-state index contributed by atoms with van der Waals surface area (Å²) in [4.78, 5) is 4.08. The van der Waals surface area contributed by atoms with Crippen LogP contribution in [0.25, 0.3) is 0 Å². The van der Waals surface area contributed by atoms with Crippen molar-refractivity contribution in [2.45, 2.75) is 26.6 Å². The molecule has 1 heterocycles. The Morgan fingerprint density at radius 2 is 2.36 bits per heavy atom. The summed E-state index contributed by atoms with van der Waals surface area (Å²) < 4.78 is 21.8. The molecule has 60 valence electrons. The average Bonchev–Trinajstić information content (AvgIpc) is 2.01. The van der Waals surface area contributed by atoms with E-state index in [1.165, 1.54) is 12.3 Å². The van der Waals surface area contributed by atoms with Crippen LogP contribution in [0.2, 0.25) is 0 Å². The van der Waals surface area contributed by atoms with Gasteiger partial charge in [-0.3, -0.25) is 4.98 Å². The number of aromatic nitrogens is 1. The predicted octanol–water partition coefficient (Wildman–Crippen LogP) is 2.10. The van der Waals surface area contributed by atoms with E-state index in [0.29, 0.717) is 11.4 Å². The Bertz CT molecular complexity index is 331. The van der Waals surface area contributed by atoms with Crippen LogP contribution in [0, 0.1) is 6.85 Å². The van der Waals surface area contributed by atoms with Gasteiger partial charge in [-0.1, -0.05) is 13.8 Å². The molecule has 0 aliphatic heterocycles. The first-order chi connectivity index (χ1) is 6.34. The zero-order valence-electron chi connectivity index (χ0n) is 9.76. The van der Waals surface area contributed by atoms with Gasteiger partial charge >= 0.3 is 0 Å². The van der Waals surface area contributed by atoms with Crippen LogP contribution in [0.15, 0.2) is 12.3 Å². The van der Waals surface area contributed by atoms with Gasteiger partial charge in [0.2, 0.25) is 0 Å². The average molecular weight is 153 g/mol. The lowest BCUT2D eigenvalue weighted by Gasteiger charge is -2.09. The van der Waals surface area contributed by atoms with Crippen LogP contribution in [0.4, 0.5) is 5.69 Å². The van der Waals surface area contributed by atoms with Gasteiger partial charge in [0, 0.05) is 10.3 Å². The van der Waals surface area contributed by atoms with Crippen molar-refractivity contribution >= 4 is 5.69 Å². The van der Waals surface area contributed by atoms with Gasteiger partial charge in [-0.25, -0.2) is 0 Å². The number of anilines is 1. The monoisotopic (exact) mass is 153 g/mol. The van der Waals surface area contributed by atoms with Crippen molar-refractivity contribution in [2.24, 2.45) is 0 Å². The molecule has 1 aromatic heterocycles. The Balaban J connectivity index is 3.28. The maximum absolute atomic E-state index is 7.28. The van der Waals surface area contributed by atoms with Crippen LogP contribution < -0.4 is 5.73 Å². The number of hydrogen-bond acceptors (Lipinski definition) is 2. The van der Waals surface area contributed by atoms with Crippen molar-refractivity contribution in [3.8, 4) is 0 Å². The third kappa shape index (κ3) is 1.50. The van der Waals surface area contributed by atoms with Crippen LogP contribution in [0.1, 0.15) is 35.1 Å². The minimum absolute atomic E-state index is 0.136. The second-order valence-electron chi connectivity index (χ2n) is 2.81. The largest absolute Gasteiger partial charge is 0.397 e. The van der Waals surface area contributed by atoms with Gasteiger partial charge in [0.25, 0.3) is 0 Å². The number of pyridine rings is 1. The van der Waals surface area contributed by atoms with Gasteiger partial charge in [-0.15, -0.1) is 0 Å². The summed E-state index contributed by atoms with van der Waals surface area (Å²) >= 11 is 0. The Kier molecular flexibility index (Phi) is 1.26. The van der Waals surface area contributed by atoms with Crippen LogP contribution >= 0.6 is 0 Å². The molecular formula is C9H14N2. The Labute approximate surface area is 71.7 Å². The predicted molar refractivity (Wildman–Crippen MR) is 47.5 cm³/mol. The van der Waals surface area contributed by atoms with E-state index in [1.54, 1.807) is 0 Å². The maximum atomic E-state index is 7.28. The molecule has 11 heavy (non-hydrogen) atoms. The van der Waals surface area contributed by atoms with E-state index in [0.717, 1.165) is 0 Å². The molecule has 1 rings (SSSR count). The summed E-state index contributed by atoms with van der Waals surface area (Å²) in [5, 5.41) is 0. The molecule has 0 unspecified atom stereocenters. The fraction of sp³-hybridized carbons (Fsp3) is 0.444. The third-order valence-electron chi connectivity index (χ3n) is 1.57. The number of nitrogen functional groups attached to an aromatic ring is 1. The minimum Gasteiger partial charge on any atom is -0.397 e. The number of rotatable bonds is 1. The fourth-order valence-corrected chi connectivity index (χ4v) is 0.949. The van der Waals surface area contributed by atoms with E-state index >= 15 is 0 Å². The summed E-state index contributed by atoms with van der Waals surface area (Å²) in [7, 11) is 0. The van der Waals surface area contributed by atoms with Crippen LogP contribution in [-0.4, -0.2) is 4.98 Å². The first-order valence-corrected chi connectivity index (χ1v) is 3.59. The molecule has 2 heteroatoms. The van der Waals surface area contributed by atoms with Gasteiger partial charge in [0.1, 0.15) is 0 Å². The molecular weight excluding hydrogens is 136 g/mol. The number of nitrogens with zero attached hydrogens (tertiary/aromatic N) is 1. The van der Waals surface area contributed by atoms with Crippen LogP contribution in [-0.2, 0) is 0 Å². The van der Waals surface area contributed by atoms with Crippen molar-refractivity contribution in [1.29, 1.82) is 0 Å². The van der Waals surface area contributed by atoms with E-state index in [4.69, 9.17) is 9.85 Å². The minimum atomic E-state index is -2.16. The molecule has 2 N–H and O–H groups in total. The summed E-state index contributed by atoms with van der Waals surface area (Å²) in [6, 6.07) is 1.45. The van der Waals surface area contributed by atoms with Gasteiger partial charge < -0.3 is 5.73 Å². The van der Waals surface area contributed by atoms with E-state index in [9.17, 15) is 0 Å². The quantitative estimate of drug-likeness (QED) is 0.671. The first kappa shape index (κ1) is 4.75. The summed E-state index contributed by atoms with van der Waals surface area (Å²) in [6.07, 6.45) is 1.49. The topological polar surface area (TPSA) is 38.9 Å². The van der Waals surface area contributed by atoms with Crippen molar-refractivity contribution in [3.05, 3.63) is 23.5 Å². The molecule has 0 aliphatic rings. The zero-order valence-corrected chi connectivity index (χ0v) is 6.76. The SMILES string of the molecule is [2H]C([2H])([2H])c1ccnc(C(C)C)c1N. The lowest BCUT2D eigenvalue weighted by Crippen LogP contribution is -2.01. The second kappa shape index (κ2) is 2.91. The Morgan fingerprint density at radius 3 is 2.91 bits per heavy atom. The Hall–Kier alpha value is -1.05. The molecule has 0 amide bonds. The highest BCUT2D eigenvalue weighted by atomic mass is 14.7. The molecule has 0 aromatic carbocycles. The van der Waals surface area contributed by atoms with E-state index in [-0.39, 0.29) is 11.5 Å².